The number of rotatable bonds is 18. The second kappa shape index (κ2) is 24.2. The van der Waals surface area contributed by atoms with E-state index in [1.807, 2.05) is 59.2 Å². The maximum Gasteiger partial charge on any atom is 0.325 e. The van der Waals surface area contributed by atoms with Gasteiger partial charge in [0, 0.05) is 94.3 Å². The van der Waals surface area contributed by atoms with Gasteiger partial charge in [0.2, 0.25) is 0 Å². The normalized spacial score (nSPS) is 19.6. The quantitative estimate of drug-likeness (QED) is 0.0944. The molecule has 0 saturated carbocycles. The highest BCUT2D eigenvalue weighted by atomic mass is 79.9. The number of ether oxygens (including phenoxy) is 8. The van der Waals surface area contributed by atoms with Crippen LogP contribution in [0.2, 0.25) is 0 Å². The number of carbonyl (C=O) groups is 2. The van der Waals surface area contributed by atoms with E-state index in [9.17, 15) is 14.7 Å². The maximum absolute atomic E-state index is 14.0. The summed E-state index contributed by atoms with van der Waals surface area (Å²) in [5, 5.41) is 12.5. The summed E-state index contributed by atoms with van der Waals surface area (Å²) in [6.45, 7) is 18.8. The van der Waals surface area contributed by atoms with E-state index < -0.39 is 11.3 Å². The van der Waals surface area contributed by atoms with Crippen LogP contribution in [-0.4, -0.2) is 160 Å². The fourth-order valence-electron chi connectivity index (χ4n) is 12.5. The van der Waals surface area contributed by atoms with E-state index in [0.29, 0.717) is 75.1 Å². The van der Waals surface area contributed by atoms with E-state index in [0.717, 1.165) is 99.0 Å². The fraction of sp³-hybridized carbons (Fsp3) is 0.467. The highest BCUT2D eigenvalue weighted by Gasteiger charge is 2.66. The Hall–Kier alpha value is -6.60. The minimum absolute atomic E-state index is 0.0483. The first-order valence-electron chi connectivity index (χ1n) is 26.5. The molecule has 5 aliphatic heterocycles. The van der Waals surface area contributed by atoms with Crippen LogP contribution in [-0.2, 0) is 26.2 Å². The van der Waals surface area contributed by atoms with Gasteiger partial charge >= 0.3 is 12.1 Å². The molecule has 1 unspecified atom stereocenters. The predicted octanol–water partition coefficient (Wildman–Crippen LogP) is 9.96. The zero-order chi connectivity index (χ0) is 56.1. The molecule has 0 aliphatic carbocycles. The smallest absolute Gasteiger partial charge is 0.325 e. The van der Waals surface area contributed by atoms with Gasteiger partial charge in [0.1, 0.15) is 46.0 Å². The van der Waals surface area contributed by atoms with Crippen molar-refractivity contribution in [1.29, 1.82) is 0 Å². The van der Waals surface area contributed by atoms with Crippen LogP contribution in [0.5, 0.6) is 46.0 Å². The molecule has 0 radical (unpaired) electrons. The number of carbonyl (C=O) groups excluding carboxylic acids is 2. The first kappa shape index (κ1) is 57.6. The molecule has 4 aromatic carbocycles. The van der Waals surface area contributed by atoms with Crippen molar-refractivity contribution >= 4 is 33.6 Å². The minimum atomic E-state index is -1.44. The molecule has 1 N–H and O–H groups in total. The Bertz CT molecular complexity index is 2850. The maximum atomic E-state index is 14.0. The number of likely N-dealkylation sites (N-methyl/N-ethyl adjacent to an activating group) is 2. The summed E-state index contributed by atoms with van der Waals surface area (Å²) in [6.07, 6.45) is 7.00. The molecule has 4 amide bonds. The molecule has 17 nitrogen and oxygen atoms in total. The number of halogens is 1. The second-order valence-electron chi connectivity index (χ2n) is 20.3. The van der Waals surface area contributed by atoms with Crippen LogP contribution in [0.3, 0.4) is 0 Å². The Morgan fingerprint density at radius 1 is 0.590 bits per heavy atom. The van der Waals surface area contributed by atoms with E-state index >= 15 is 0 Å². The molecule has 78 heavy (non-hydrogen) atoms. The Morgan fingerprint density at radius 2 is 1.06 bits per heavy atom. The molecule has 18 heteroatoms. The van der Waals surface area contributed by atoms with E-state index in [4.69, 9.17) is 37.9 Å². The number of hydrogen-bond acceptors (Lipinski definition) is 13. The summed E-state index contributed by atoms with van der Waals surface area (Å²) in [5.41, 5.74) is 4.25. The number of piperidine rings is 2. The number of allylic oxidation sites excluding steroid dienone is 2. The number of methoxy groups -OCH3 is 8. The lowest BCUT2D eigenvalue weighted by Crippen LogP contribution is -2.65. The van der Waals surface area contributed by atoms with Crippen molar-refractivity contribution in [1.82, 2.24) is 29.4 Å². The van der Waals surface area contributed by atoms with E-state index in [1.165, 1.54) is 0 Å². The zero-order valence-electron chi connectivity index (χ0n) is 47.0. The topological polar surface area (TPSA) is 148 Å². The summed E-state index contributed by atoms with van der Waals surface area (Å²) in [4.78, 5) is 40.0. The molecule has 0 bridgehead atoms. The van der Waals surface area contributed by atoms with Crippen LogP contribution >= 0.6 is 15.9 Å². The highest BCUT2D eigenvalue weighted by Crippen LogP contribution is 2.51. The predicted molar refractivity (Wildman–Crippen MR) is 304 cm³/mol. The molecular weight excluding hydrogens is 1060 g/mol. The first-order chi connectivity index (χ1) is 37.6. The molecule has 5 heterocycles. The summed E-state index contributed by atoms with van der Waals surface area (Å²) < 4.78 is 44.7. The van der Waals surface area contributed by atoms with Crippen LogP contribution in [0.15, 0.2) is 96.1 Å². The van der Waals surface area contributed by atoms with Crippen LogP contribution in [0.25, 0.3) is 5.57 Å². The van der Waals surface area contributed by atoms with Crippen LogP contribution in [0, 0.1) is 0 Å². The number of hydrogen-bond donors (Lipinski definition) is 1. The van der Waals surface area contributed by atoms with Gasteiger partial charge in [-0.3, -0.25) is 19.6 Å². The lowest BCUT2D eigenvalue weighted by atomic mass is 9.75. The number of benzene rings is 4. The third-order valence-electron chi connectivity index (χ3n) is 16.4. The van der Waals surface area contributed by atoms with Crippen molar-refractivity contribution in [3.8, 4) is 46.0 Å². The van der Waals surface area contributed by atoms with E-state index in [-0.39, 0.29) is 30.6 Å². The fourth-order valence-corrected chi connectivity index (χ4v) is 13.0. The standard InChI is InChI=1S/C30H40BrN3O6.C30H37N3O5/c1-7-9-30(36)29(10-12-32(13-11-29)19-21-14-23(37-3)17-24(15-21)38-4)33(8-2)28(35)34(30)20-22-16-25(39-5)18-26(40-6)27(22)31;1-7-33-29(34)32-19-22-15-25(37-5)17-26(38-6)28(22)20(2)12-27(32)30(33)8-10-31(11-9-30)18-21-13-23(35-3)16-24(14-21)36-4/h7,14-18,36H,1,8-13,19-20H2,2-6H3;12-17H,2,7-11,18-19H2,1,3-6H3. The second-order valence-corrected chi connectivity index (χ2v) is 21.1. The highest BCUT2D eigenvalue weighted by molar-refractivity contribution is 9.10. The van der Waals surface area contributed by atoms with Crippen molar-refractivity contribution in [2.45, 2.75) is 88.9 Å². The average Bonchev–Trinajstić information content (AvgIpc) is 3.91. The van der Waals surface area contributed by atoms with Gasteiger partial charge in [-0.2, -0.15) is 0 Å². The lowest BCUT2D eigenvalue weighted by molar-refractivity contribution is -0.150. The summed E-state index contributed by atoms with van der Waals surface area (Å²) in [5.74, 6) is 5.69. The molecule has 4 fully saturated rings. The van der Waals surface area contributed by atoms with Crippen molar-refractivity contribution in [3.63, 3.8) is 0 Å². The first-order valence-corrected chi connectivity index (χ1v) is 27.3. The molecule has 2 spiro atoms. The minimum Gasteiger partial charge on any atom is -0.497 e. The summed E-state index contributed by atoms with van der Waals surface area (Å²) in [6, 6.07) is 19.3. The number of amides is 4. The summed E-state index contributed by atoms with van der Waals surface area (Å²) in [7, 11) is 13.1. The Labute approximate surface area is 468 Å². The van der Waals surface area contributed by atoms with Crippen molar-refractivity contribution < 1.29 is 52.6 Å². The number of nitrogens with zero attached hydrogens (tertiary/aromatic N) is 6. The van der Waals surface area contributed by atoms with Gasteiger partial charge in [-0.05, 0) is 126 Å². The number of likely N-dealkylation sites (tertiary alicyclic amines) is 2. The summed E-state index contributed by atoms with van der Waals surface area (Å²) >= 11 is 3.63. The van der Waals surface area contributed by atoms with Crippen LogP contribution in [0.4, 0.5) is 9.59 Å². The third kappa shape index (κ3) is 10.7. The number of urea groups is 2. The van der Waals surface area contributed by atoms with Gasteiger partial charge in [0.25, 0.3) is 0 Å². The Morgan fingerprint density at radius 3 is 1.54 bits per heavy atom. The SMILES string of the molecule is C=C1C=C2N(Cc3cc(OC)cc(OC)c31)C(=O)N(CC)C21CCN(Cc2cc(OC)cc(OC)c2)CC1.C=CCC1(O)N(Cc2cc(OC)cc(OC)c2Br)C(=O)N(CC)C12CCN(Cc1cc(OC)cc(OC)c1)CC2. The van der Waals surface area contributed by atoms with Crippen LogP contribution in [0.1, 0.15) is 73.8 Å². The van der Waals surface area contributed by atoms with Gasteiger partial charge in [0.15, 0.2) is 5.72 Å². The van der Waals surface area contributed by atoms with Gasteiger partial charge in [-0.25, -0.2) is 9.59 Å². The molecule has 4 aromatic rings. The van der Waals surface area contributed by atoms with Gasteiger partial charge in [0.05, 0.1) is 85.5 Å². The average molecular weight is 1140 g/mol. The third-order valence-corrected chi connectivity index (χ3v) is 17.3. The largest absolute Gasteiger partial charge is 0.497 e. The number of fused-ring (bicyclic) bond motifs is 3. The Balaban J connectivity index is 0.000000206. The zero-order valence-corrected chi connectivity index (χ0v) is 48.6. The van der Waals surface area contributed by atoms with Crippen molar-refractivity contribution in [3.05, 3.63) is 124 Å². The van der Waals surface area contributed by atoms with E-state index in [2.05, 4.69) is 68.9 Å². The molecule has 4 saturated heterocycles. The van der Waals surface area contributed by atoms with Gasteiger partial charge in [-0.15, -0.1) is 6.58 Å². The van der Waals surface area contributed by atoms with Crippen molar-refractivity contribution in [2.24, 2.45) is 0 Å². The van der Waals surface area contributed by atoms with E-state index in [1.54, 1.807) is 73.9 Å². The monoisotopic (exact) mass is 1140 g/mol. The molecule has 9 rings (SSSR count). The Kier molecular flexibility index (Phi) is 17.9. The van der Waals surface area contributed by atoms with Crippen molar-refractivity contribution in [2.75, 3.05) is 96.1 Å². The lowest BCUT2D eigenvalue weighted by Gasteiger charge is -2.51. The van der Waals surface area contributed by atoms with Gasteiger partial charge < -0.3 is 52.8 Å². The van der Waals surface area contributed by atoms with Crippen LogP contribution < -0.4 is 37.9 Å². The van der Waals surface area contributed by atoms with Gasteiger partial charge in [-0.1, -0.05) is 12.7 Å². The molecule has 5 aliphatic rings. The molecule has 0 aromatic heterocycles. The molecule has 1 atom stereocenters. The number of aliphatic hydroxyl groups is 1. The molecular formula is C60H77BrN6O11. The molecule has 420 valence electrons.